The maximum Gasteiger partial charge on any atom is 0.188 e. The quantitative estimate of drug-likeness (QED) is 0.690. The Morgan fingerprint density at radius 1 is 1.33 bits per heavy atom. The standard InChI is InChI=1S/C11H13NO3/c1-13-8-15-11-7-10(14-2)4-3-9(11)5-6-12/h3-4,7H,5,8H2,1-2H3. The van der Waals surface area contributed by atoms with Gasteiger partial charge in [-0.15, -0.1) is 0 Å². The third kappa shape index (κ3) is 3.15. The molecule has 0 aromatic heterocycles. The smallest absolute Gasteiger partial charge is 0.188 e. The first-order valence-corrected chi connectivity index (χ1v) is 4.47. The molecule has 0 atom stereocenters. The lowest BCUT2D eigenvalue weighted by Gasteiger charge is -2.10. The molecule has 0 amide bonds. The first-order chi connectivity index (χ1) is 7.31. The van der Waals surface area contributed by atoms with E-state index in [4.69, 9.17) is 19.5 Å². The maximum atomic E-state index is 8.63. The minimum atomic E-state index is 0.158. The molecule has 0 aliphatic rings. The lowest BCUT2D eigenvalue weighted by Crippen LogP contribution is -2.01. The Labute approximate surface area is 89.0 Å². The first kappa shape index (κ1) is 11.3. The molecule has 0 aliphatic carbocycles. The van der Waals surface area contributed by atoms with Crippen LogP contribution < -0.4 is 9.47 Å². The van der Waals surface area contributed by atoms with Crippen molar-refractivity contribution in [2.75, 3.05) is 21.0 Å². The van der Waals surface area contributed by atoms with E-state index in [0.717, 1.165) is 5.56 Å². The molecule has 0 saturated carbocycles. The van der Waals surface area contributed by atoms with Gasteiger partial charge in [-0.05, 0) is 6.07 Å². The molecule has 1 rings (SSSR count). The summed E-state index contributed by atoms with van der Waals surface area (Å²) in [6, 6.07) is 7.43. The van der Waals surface area contributed by atoms with Gasteiger partial charge in [0.2, 0.25) is 0 Å². The van der Waals surface area contributed by atoms with E-state index in [1.54, 1.807) is 26.4 Å². The molecule has 0 fully saturated rings. The van der Waals surface area contributed by atoms with Crippen molar-refractivity contribution >= 4 is 0 Å². The Morgan fingerprint density at radius 3 is 2.73 bits per heavy atom. The molecule has 0 spiro atoms. The SMILES string of the molecule is COCOc1cc(OC)ccc1CC#N. The largest absolute Gasteiger partial charge is 0.497 e. The van der Waals surface area contributed by atoms with Crippen molar-refractivity contribution in [2.45, 2.75) is 6.42 Å². The van der Waals surface area contributed by atoms with Crippen molar-refractivity contribution in [3.63, 3.8) is 0 Å². The monoisotopic (exact) mass is 207 g/mol. The summed E-state index contributed by atoms with van der Waals surface area (Å²) in [5.74, 6) is 1.32. The number of nitriles is 1. The summed E-state index contributed by atoms with van der Waals surface area (Å²) in [6.07, 6.45) is 0.309. The van der Waals surface area contributed by atoms with E-state index in [-0.39, 0.29) is 6.79 Å². The van der Waals surface area contributed by atoms with Crippen molar-refractivity contribution < 1.29 is 14.2 Å². The Hall–Kier alpha value is -1.73. The predicted octanol–water partition coefficient (Wildman–Crippen LogP) is 1.74. The summed E-state index contributed by atoms with van der Waals surface area (Å²) in [7, 11) is 3.13. The number of hydrogen-bond acceptors (Lipinski definition) is 4. The average Bonchev–Trinajstić information content (AvgIpc) is 2.28. The molecule has 0 bridgehead atoms. The third-order valence-corrected chi connectivity index (χ3v) is 1.88. The van der Waals surface area contributed by atoms with Crippen molar-refractivity contribution in [2.24, 2.45) is 0 Å². The number of rotatable bonds is 5. The second-order valence-corrected chi connectivity index (χ2v) is 2.86. The van der Waals surface area contributed by atoms with Crippen LogP contribution in [0, 0.1) is 11.3 Å². The van der Waals surface area contributed by atoms with E-state index in [2.05, 4.69) is 6.07 Å². The number of ether oxygens (including phenoxy) is 3. The topological polar surface area (TPSA) is 51.5 Å². The van der Waals surface area contributed by atoms with E-state index < -0.39 is 0 Å². The van der Waals surface area contributed by atoms with E-state index in [0.29, 0.717) is 17.9 Å². The summed E-state index contributed by atoms with van der Waals surface area (Å²) in [6.45, 7) is 0.158. The summed E-state index contributed by atoms with van der Waals surface area (Å²) >= 11 is 0. The Kier molecular flexibility index (Phi) is 4.45. The van der Waals surface area contributed by atoms with E-state index in [1.807, 2.05) is 6.07 Å². The van der Waals surface area contributed by atoms with Crippen LogP contribution in [0.3, 0.4) is 0 Å². The molecule has 0 heterocycles. The van der Waals surface area contributed by atoms with Gasteiger partial charge in [0, 0.05) is 18.7 Å². The van der Waals surface area contributed by atoms with Gasteiger partial charge in [0.1, 0.15) is 11.5 Å². The van der Waals surface area contributed by atoms with Gasteiger partial charge in [0.05, 0.1) is 19.6 Å². The highest BCUT2D eigenvalue weighted by atomic mass is 16.7. The zero-order valence-electron chi connectivity index (χ0n) is 8.82. The van der Waals surface area contributed by atoms with Crippen LogP contribution in [-0.4, -0.2) is 21.0 Å². The summed E-state index contributed by atoms with van der Waals surface area (Å²) in [5.41, 5.74) is 0.829. The molecule has 4 heteroatoms. The molecule has 1 aromatic carbocycles. The average molecular weight is 207 g/mol. The van der Waals surface area contributed by atoms with Crippen molar-refractivity contribution in [1.29, 1.82) is 5.26 Å². The van der Waals surface area contributed by atoms with Gasteiger partial charge in [0.25, 0.3) is 0 Å². The van der Waals surface area contributed by atoms with Crippen molar-refractivity contribution in [1.82, 2.24) is 0 Å². The lowest BCUT2D eigenvalue weighted by atomic mass is 10.1. The molecule has 0 N–H and O–H groups in total. The van der Waals surface area contributed by atoms with Gasteiger partial charge in [-0.25, -0.2) is 0 Å². The second kappa shape index (κ2) is 5.89. The molecule has 15 heavy (non-hydrogen) atoms. The van der Waals surface area contributed by atoms with Crippen LogP contribution >= 0.6 is 0 Å². The van der Waals surface area contributed by atoms with Gasteiger partial charge in [-0.3, -0.25) is 0 Å². The van der Waals surface area contributed by atoms with Crippen LogP contribution in [0.4, 0.5) is 0 Å². The molecule has 0 aliphatic heterocycles. The van der Waals surface area contributed by atoms with Gasteiger partial charge in [-0.2, -0.15) is 5.26 Å². The zero-order chi connectivity index (χ0) is 11.1. The van der Waals surface area contributed by atoms with Crippen molar-refractivity contribution in [3.05, 3.63) is 23.8 Å². The minimum Gasteiger partial charge on any atom is -0.497 e. The fourth-order valence-electron chi connectivity index (χ4n) is 1.15. The normalized spacial score (nSPS) is 9.40. The Bertz CT molecular complexity index is 357. The lowest BCUT2D eigenvalue weighted by molar-refractivity contribution is 0.0504. The fourth-order valence-corrected chi connectivity index (χ4v) is 1.15. The fraction of sp³-hybridized carbons (Fsp3) is 0.364. The van der Waals surface area contributed by atoms with Crippen LogP contribution in [0.15, 0.2) is 18.2 Å². The van der Waals surface area contributed by atoms with Gasteiger partial charge in [0.15, 0.2) is 6.79 Å². The third-order valence-electron chi connectivity index (χ3n) is 1.88. The van der Waals surface area contributed by atoms with Crippen LogP contribution in [0.1, 0.15) is 5.56 Å². The van der Waals surface area contributed by atoms with Crippen LogP contribution in [-0.2, 0) is 11.2 Å². The van der Waals surface area contributed by atoms with E-state index in [9.17, 15) is 0 Å². The number of nitrogens with zero attached hydrogens (tertiary/aromatic N) is 1. The Balaban J connectivity index is 2.89. The molecule has 0 radical (unpaired) electrons. The molecule has 0 saturated heterocycles. The highest BCUT2D eigenvalue weighted by Crippen LogP contribution is 2.25. The van der Waals surface area contributed by atoms with Crippen LogP contribution in [0.5, 0.6) is 11.5 Å². The number of hydrogen-bond donors (Lipinski definition) is 0. The molecular formula is C11H13NO3. The number of methoxy groups -OCH3 is 2. The summed E-state index contributed by atoms with van der Waals surface area (Å²) in [4.78, 5) is 0. The number of benzene rings is 1. The first-order valence-electron chi connectivity index (χ1n) is 4.47. The second-order valence-electron chi connectivity index (χ2n) is 2.86. The summed E-state index contributed by atoms with van der Waals surface area (Å²) < 4.78 is 15.2. The molecule has 1 aromatic rings. The zero-order valence-corrected chi connectivity index (χ0v) is 8.82. The van der Waals surface area contributed by atoms with E-state index in [1.165, 1.54) is 0 Å². The minimum absolute atomic E-state index is 0.158. The van der Waals surface area contributed by atoms with Gasteiger partial charge >= 0.3 is 0 Å². The van der Waals surface area contributed by atoms with Crippen molar-refractivity contribution in [3.8, 4) is 17.6 Å². The maximum absolute atomic E-state index is 8.63. The molecule has 4 nitrogen and oxygen atoms in total. The van der Waals surface area contributed by atoms with E-state index >= 15 is 0 Å². The predicted molar refractivity (Wildman–Crippen MR) is 54.8 cm³/mol. The van der Waals surface area contributed by atoms with Gasteiger partial charge < -0.3 is 14.2 Å². The Morgan fingerprint density at radius 2 is 2.13 bits per heavy atom. The molecular weight excluding hydrogens is 194 g/mol. The van der Waals surface area contributed by atoms with Gasteiger partial charge in [-0.1, -0.05) is 6.07 Å². The highest BCUT2D eigenvalue weighted by Gasteiger charge is 2.05. The van der Waals surface area contributed by atoms with Crippen LogP contribution in [0.25, 0.3) is 0 Å². The highest BCUT2D eigenvalue weighted by molar-refractivity contribution is 5.41. The van der Waals surface area contributed by atoms with Crippen LogP contribution in [0.2, 0.25) is 0 Å². The summed E-state index contributed by atoms with van der Waals surface area (Å²) in [5, 5.41) is 8.63. The molecule has 80 valence electrons. The molecule has 0 unspecified atom stereocenters.